The first-order chi connectivity index (χ1) is 17.4. The van der Waals surface area contributed by atoms with E-state index in [2.05, 4.69) is 10.8 Å². The van der Waals surface area contributed by atoms with Gasteiger partial charge in [-0.25, -0.2) is 9.59 Å². The smallest absolute Gasteiger partial charge is 0.343 e. The van der Waals surface area contributed by atoms with Gasteiger partial charge in [-0.3, -0.25) is 9.69 Å². The molecule has 2 aromatic rings. The van der Waals surface area contributed by atoms with Crippen LogP contribution in [-0.2, 0) is 20.7 Å². The van der Waals surface area contributed by atoms with Crippen LogP contribution in [0, 0.1) is 11.8 Å². The van der Waals surface area contributed by atoms with E-state index in [1.165, 1.54) is 6.92 Å². The summed E-state index contributed by atoms with van der Waals surface area (Å²) in [7, 11) is 3.20. The molecule has 2 aromatic carbocycles. The Kier molecular flexibility index (Phi) is 8.08. The highest BCUT2D eigenvalue weighted by Gasteiger charge is 2.33. The zero-order chi connectivity index (χ0) is 25.7. The number of hydrogen-bond acceptors (Lipinski definition) is 8. The lowest BCUT2D eigenvalue weighted by Crippen LogP contribution is -2.36. The molecule has 1 unspecified atom stereocenters. The van der Waals surface area contributed by atoms with E-state index in [9.17, 15) is 14.4 Å². The van der Waals surface area contributed by atoms with Crippen LogP contribution in [0.5, 0.6) is 17.2 Å². The molecule has 1 aliphatic heterocycles. The van der Waals surface area contributed by atoms with Gasteiger partial charge in [0.1, 0.15) is 24.0 Å². The Morgan fingerprint density at radius 3 is 2.39 bits per heavy atom. The number of hydrogen-bond donors (Lipinski definition) is 0. The molecular formula is C28H31NO7. The second-order valence-corrected chi connectivity index (χ2v) is 9.23. The SMILES string of the molecule is COc1cc2c(cc1OC)C(=C=O)C(CC1CCN(COC(=O)c3ccccc3OC(C)=O)CC1)C2. The number of likely N-dealkylation sites (tertiary alicyclic amines) is 1. The van der Waals surface area contributed by atoms with E-state index in [1.54, 1.807) is 38.5 Å². The van der Waals surface area contributed by atoms with Crippen LogP contribution < -0.4 is 14.2 Å². The molecular weight excluding hydrogens is 462 g/mol. The van der Waals surface area contributed by atoms with Gasteiger partial charge in [-0.2, -0.15) is 0 Å². The number of benzene rings is 2. The summed E-state index contributed by atoms with van der Waals surface area (Å²) >= 11 is 0. The Labute approximate surface area is 210 Å². The molecule has 0 N–H and O–H groups in total. The van der Waals surface area contributed by atoms with Gasteiger partial charge >= 0.3 is 11.9 Å². The number of esters is 2. The maximum absolute atomic E-state index is 12.6. The maximum Gasteiger partial charge on any atom is 0.343 e. The number of para-hydroxylation sites is 1. The van der Waals surface area contributed by atoms with Gasteiger partial charge in [-0.15, -0.1) is 0 Å². The van der Waals surface area contributed by atoms with E-state index in [0.29, 0.717) is 23.0 Å². The molecule has 1 fully saturated rings. The highest BCUT2D eigenvalue weighted by molar-refractivity contribution is 5.94. The van der Waals surface area contributed by atoms with E-state index in [1.807, 2.05) is 12.1 Å². The Bertz CT molecular complexity index is 1180. The largest absolute Gasteiger partial charge is 0.493 e. The second kappa shape index (κ2) is 11.4. The molecule has 1 saturated heterocycles. The van der Waals surface area contributed by atoms with Gasteiger partial charge < -0.3 is 18.9 Å². The molecule has 8 nitrogen and oxygen atoms in total. The third kappa shape index (κ3) is 5.61. The molecule has 1 heterocycles. The van der Waals surface area contributed by atoms with Gasteiger partial charge in [0.25, 0.3) is 0 Å². The minimum Gasteiger partial charge on any atom is -0.493 e. The number of carbonyl (C=O) groups is 2. The van der Waals surface area contributed by atoms with Crippen LogP contribution in [0.3, 0.4) is 0 Å². The highest BCUT2D eigenvalue weighted by Crippen LogP contribution is 2.44. The normalized spacial score (nSPS) is 17.8. The fourth-order valence-electron chi connectivity index (χ4n) is 5.13. The van der Waals surface area contributed by atoms with Crippen LogP contribution >= 0.6 is 0 Å². The van der Waals surface area contributed by atoms with E-state index in [-0.39, 0.29) is 24.0 Å². The average molecular weight is 494 g/mol. The van der Waals surface area contributed by atoms with Crippen LogP contribution in [0.2, 0.25) is 0 Å². The van der Waals surface area contributed by atoms with Crippen molar-refractivity contribution in [2.75, 3.05) is 34.0 Å². The van der Waals surface area contributed by atoms with Crippen molar-refractivity contribution in [1.82, 2.24) is 4.90 Å². The molecule has 0 radical (unpaired) electrons. The van der Waals surface area contributed by atoms with Crippen molar-refractivity contribution in [3.05, 3.63) is 53.1 Å². The Morgan fingerprint density at radius 1 is 1.03 bits per heavy atom. The third-order valence-corrected chi connectivity index (χ3v) is 6.95. The van der Waals surface area contributed by atoms with Crippen LogP contribution in [0.4, 0.5) is 0 Å². The number of allylic oxidation sites excluding steroid dienone is 1. The molecule has 1 atom stereocenters. The first-order valence-electron chi connectivity index (χ1n) is 12.1. The van der Waals surface area contributed by atoms with Gasteiger partial charge in [0.15, 0.2) is 11.5 Å². The van der Waals surface area contributed by atoms with Crippen molar-refractivity contribution >= 4 is 23.5 Å². The number of methoxy groups -OCH3 is 2. The molecule has 0 spiro atoms. The minimum atomic E-state index is -0.524. The topological polar surface area (TPSA) is 91.4 Å². The Morgan fingerprint density at radius 2 is 1.72 bits per heavy atom. The molecule has 2 aliphatic rings. The Hall–Kier alpha value is -3.61. The summed E-state index contributed by atoms with van der Waals surface area (Å²) in [4.78, 5) is 37.8. The van der Waals surface area contributed by atoms with Gasteiger partial charge in [0.2, 0.25) is 0 Å². The molecule has 4 rings (SSSR count). The average Bonchev–Trinajstić information content (AvgIpc) is 3.22. The summed E-state index contributed by atoms with van der Waals surface area (Å²) in [5.74, 6) is 3.25. The van der Waals surface area contributed by atoms with Crippen LogP contribution in [0.1, 0.15) is 47.7 Å². The lowest BCUT2D eigenvalue weighted by molar-refractivity contribution is -0.131. The van der Waals surface area contributed by atoms with Crippen LogP contribution in [-0.4, -0.2) is 56.8 Å². The predicted octanol–water partition coefficient (Wildman–Crippen LogP) is 3.93. The second-order valence-electron chi connectivity index (χ2n) is 9.23. The molecule has 8 heteroatoms. The summed E-state index contributed by atoms with van der Waals surface area (Å²) in [6, 6.07) is 10.4. The van der Waals surface area contributed by atoms with E-state index >= 15 is 0 Å². The Balaban J connectivity index is 1.30. The lowest BCUT2D eigenvalue weighted by atomic mass is 9.84. The zero-order valence-electron chi connectivity index (χ0n) is 20.9. The number of nitrogens with zero attached hydrogens (tertiary/aromatic N) is 1. The first kappa shape index (κ1) is 25.5. The number of piperidine rings is 1. The molecule has 36 heavy (non-hydrogen) atoms. The van der Waals surface area contributed by atoms with Gasteiger partial charge in [0, 0.05) is 25.6 Å². The molecule has 0 bridgehead atoms. The van der Waals surface area contributed by atoms with E-state index in [0.717, 1.165) is 49.9 Å². The molecule has 0 saturated carbocycles. The van der Waals surface area contributed by atoms with E-state index in [4.69, 9.17) is 18.9 Å². The summed E-state index contributed by atoms with van der Waals surface area (Å²) in [5, 5.41) is 0. The maximum atomic E-state index is 12.6. The fourth-order valence-corrected chi connectivity index (χ4v) is 5.13. The van der Waals surface area contributed by atoms with Crippen LogP contribution in [0.25, 0.3) is 5.57 Å². The summed E-state index contributed by atoms with van der Waals surface area (Å²) in [5.41, 5.74) is 2.94. The summed E-state index contributed by atoms with van der Waals surface area (Å²) < 4.78 is 21.4. The summed E-state index contributed by atoms with van der Waals surface area (Å²) in [6.45, 7) is 3.06. The van der Waals surface area contributed by atoms with Crippen molar-refractivity contribution < 1.29 is 33.3 Å². The summed E-state index contributed by atoms with van der Waals surface area (Å²) in [6.07, 6.45) is 3.60. The monoisotopic (exact) mass is 493 g/mol. The molecule has 190 valence electrons. The number of carbonyl (C=O) groups excluding carboxylic acids is 3. The fraction of sp³-hybridized carbons (Fsp3) is 0.429. The quantitative estimate of drug-likeness (QED) is 0.310. The van der Waals surface area contributed by atoms with Crippen molar-refractivity contribution in [1.29, 1.82) is 0 Å². The van der Waals surface area contributed by atoms with E-state index < -0.39 is 11.9 Å². The highest BCUT2D eigenvalue weighted by atomic mass is 16.6. The van der Waals surface area contributed by atoms with Crippen molar-refractivity contribution in [3.8, 4) is 17.2 Å². The lowest BCUT2D eigenvalue weighted by Gasteiger charge is -2.32. The number of rotatable bonds is 8. The van der Waals surface area contributed by atoms with Gasteiger partial charge in [0.05, 0.1) is 14.2 Å². The zero-order valence-corrected chi connectivity index (χ0v) is 20.9. The van der Waals surface area contributed by atoms with Crippen LogP contribution in [0.15, 0.2) is 36.4 Å². The third-order valence-electron chi connectivity index (χ3n) is 6.95. The minimum absolute atomic E-state index is 0.126. The van der Waals surface area contributed by atoms with Crippen molar-refractivity contribution in [2.24, 2.45) is 11.8 Å². The predicted molar refractivity (Wildman–Crippen MR) is 133 cm³/mol. The first-order valence-corrected chi connectivity index (χ1v) is 12.1. The number of fused-ring (bicyclic) bond motifs is 1. The van der Waals surface area contributed by atoms with Crippen molar-refractivity contribution in [3.63, 3.8) is 0 Å². The van der Waals surface area contributed by atoms with Crippen molar-refractivity contribution in [2.45, 2.75) is 32.6 Å². The molecule has 0 amide bonds. The molecule has 0 aromatic heterocycles. The van der Waals surface area contributed by atoms with Gasteiger partial charge in [-0.1, -0.05) is 12.1 Å². The number of ether oxygens (including phenoxy) is 4. The van der Waals surface area contributed by atoms with Gasteiger partial charge in [-0.05, 0) is 72.9 Å². The standard InChI is InChI=1S/C28H31NO7/c1-18(31)36-25-7-5-4-6-22(25)28(32)35-17-29-10-8-19(9-11-29)12-20-13-21-14-26(33-2)27(34-3)15-23(21)24(20)16-30/h4-7,14-15,19-20H,8-13,17H2,1-3H3. The molecule has 1 aliphatic carbocycles.